The van der Waals surface area contributed by atoms with E-state index in [4.69, 9.17) is 10.5 Å². The zero-order valence-electron chi connectivity index (χ0n) is 15.8. The number of H-pyrrole nitrogens is 1. The van der Waals surface area contributed by atoms with Crippen molar-refractivity contribution in [2.75, 3.05) is 52.2 Å². The van der Waals surface area contributed by atoms with Crippen LogP contribution in [-0.4, -0.2) is 66.2 Å². The number of aromatic nitrogens is 2. The minimum Gasteiger partial charge on any atom is -0.399 e. The van der Waals surface area contributed by atoms with Crippen LogP contribution in [-0.2, 0) is 11.3 Å². The van der Waals surface area contributed by atoms with E-state index < -0.39 is 0 Å². The molecule has 3 heterocycles. The number of methoxy groups -OCH3 is 1. The quantitative estimate of drug-likeness (QED) is 0.657. The first-order valence-corrected chi connectivity index (χ1v) is 9.50. The Morgan fingerprint density at radius 2 is 1.93 bits per heavy atom. The van der Waals surface area contributed by atoms with Crippen molar-refractivity contribution in [1.82, 2.24) is 19.8 Å². The van der Waals surface area contributed by atoms with Gasteiger partial charge in [-0.25, -0.2) is 4.98 Å². The summed E-state index contributed by atoms with van der Waals surface area (Å²) in [6, 6.07) is 12.2. The molecule has 0 radical (unpaired) electrons. The topological polar surface area (TPSA) is 70.4 Å². The minimum absolute atomic E-state index is 0.781. The Morgan fingerprint density at radius 3 is 2.70 bits per heavy atom. The molecule has 3 aromatic rings. The Hall–Kier alpha value is -2.41. The lowest BCUT2D eigenvalue weighted by Crippen LogP contribution is -2.46. The number of anilines is 1. The summed E-state index contributed by atoms with van der Waals surface area (Å²) in [5.74, 6) is 0. The second-order valence-electron chi connectivity index (χ2n) is 7.11. The first-order valence-electron chi connectivity index (χ1n) is 9.50. The third kappa shape index (κ3) is 3.98. The lowest BCUT2D eigenvalue weighted by molar-refractivity contribution is 0.0934. The predicted octanol–water partition coefficient (Wildman–Crippen LogP) is 2.58. The Morgan fingerprint density at radius 1 is 1.11 bits per heavy atom. The molecular weight excluding hydrogens is 338 g/mol. The molecule has 0 saturated carbocycles. The maximum Gasteiger partial charge on any atom is 0.138 e. The van der Waals surface area contributed by atoms with E-state index in [-0.39, 0.29) is 0 Å². The lowest BCUT2D eigenvalue weighted by atomic mass is 10.0. The average molecular weight is 365 g/mol. The maximum absolute atomic E-state index is 6.05. The van der Waals surface area contributed by atoms with Crippen molar-refractivity contribution in [2.45, 2.75) is 6.54 Å². The molecule has 4 rings (SSSR count). The number of hydrogen-bond acceptors (Lipinski definition) is 5. The predicted molar refractivity (Wildman–Crippen MR) is 110 cm³/mol. The monoisotopic (exact) mass is 365 g/mol. The highest BCUT2D eigenvalue weighted by Crippen LogP contribution is 2.33. The van der Waals surface area contributed by atoms with Gasteiger partial charge < -0.3 is 15.5 Å². The van der Waals surface area contributed by atoms with Gasteiger partial charge in [0.15, 0.2) is 0 Å². The normalized spacial score (nSPS) is 16.2. The number of hydrogen-bond donors (Lipinski definition) is 2. The van der Waals surface area contributed by atoms with Gasteiger partial charge in [-0.15, -0.1) is 0 Å². The van der Waals surface area contributed by atoms with Gasteiger partial charge >= 0.3 is 0 Å². The van der Waals surface area contributed by atoms with E-state index in [0.29, 0.717) is 0 Å². The van der Waals surface area contributed by atoms with Gasteiger partial charge in [0.25, 0.3) is 0 Å². The van der Waals surface area contributed by atoms with E-state index in [1.165, 1.54) is 11.3 Å². The van der Waals surface area contributed by atoms with E-state index in [9.17, 15) is 0 Å². The Kier molecular flexibility index (Phi) is 5.38. The minimum atomic E-state index is 0.781. The van der Waals surface area contributed by atoms with Gasteiger partial charge in [0.2, 0.25) is 0 Å². The van der Waals surface area contributed by atoms with Crippen molar-refractivity contribution in [3.05, 3.63) is 48.3 Å². The first-order chi connectivity index (χ1) is 13.2. The molecule has 0 aliphatic carbocycles. The third-order valence-corrected chi connectivity index (χ3v) is 5.28. The summed E-state index contributed by atoms with van der Waals surface area (Å²) in [5.41, 5.74) is 11.3. The highest BCUT2D eigenvalue weighted by atomic mass is 16.5. The van der Waals surface area contributed by atoms with E-state index >= 15 is 0 Å². The number of piperazine rings is 1. The van der Waals surface area contributed by atoms with Gasteiger partial charge in [-0.2, -0.15) is 0 Å². The first kappa shape index (κ1) is 18.0. The highest BCUT2D eigenvalue weighted by Gasteiger charge is 2.20. The summed E-state index contributed by atoms with van der Waals surface area (Å²) >= 11 is 0. The van der Waals surface area contributed by atoms with E-state index in [1.807, 2.05) is 30.5 Å². The summed E-state index contributed by atoms with van der Waals surface area (Å²) in [4.78, 5) is 13.0. The van der Waals surface area contributed by atoms with Crippen LogP contribution in [0.15, 0.2) is 42.6 Å². The number of rotatable bonds is 6. The summed E-state index contributed by atoms with van der Waals surface area (Å²) in [6.07, 6.45) is 1.83. The molecule has 1 aliphatic rings. The van der Waals surface area contributed by atoms with Crippen LogP contribution in [0.5, 0.6) is 0 Å². The van der Waals surface area contributed by atoms with Crippen molar-refractivity contribution >= 4 is 16.7 Å². The molecule has 0 bridgehead atoms. The molecule has 1 fully saturated rings. The molecule has 0 unspecified atom stereocenters. The van der Waals surface area contributed by atoms with E-state index in [2.05, 4.69) is 31.9 Å². The molecular formula is C21H27N5O. The molecule has 142 valence electrons. The zero-order valence-corrected chi connectivity index (χ0v) is 15.8. The van der Waals surface area contributed by atoms with Crippen molar-refractivity contribution in [3.8, 4) is 11.1 Å². The van der Waals surface area contributed by atoms with Crippen LogP contribution in [0, 0.1) is 0 Å². The van der Waals surface area contributed by atoms with Gasteiger partial charge in [0.1, 0.15) is 5.65 Å². The maximum atomic E-state index is 6.05. The number of nitrogen functional groups attached to an aromatic ring is 1. The number of nitrogens with one attached hydrogen (secondary N) is 1. The largest absolute Gasteiger partial charge is 0.399 e. The molecule has 27 heavy (non-hydrogen) atoms. The summed E-state index contributed by atoms with van der Waals surface area (Å²) < 4.78 is 5.20. The van der Waals surface area contributed by atoms with Gasteiger partial charge in [-0.05, 0) is 29.8 Å². The molecule has 1 saturated heterocycles. The lowest BCUT2D eigenvalue weighted by Gasteiger charge is -2.34. The SMILES string of the molecule is COCCN1CCN(Cc2[nH]c3ncccc3c2-c2cccc(N)c2)CC1. The van der Waals surface area contributed by atoms with Crippen molar-refractivity contribution in [1.29, 1.82) is 0 Å². The number of ether oxygens (including phenoxy) is 1. The number of aromatic amines is 1. The standard InChI is InChI=1S/C21H27N5O/c1-27-13-12-25-8-10-26(11-9-25)15-19-20(16-4-2-5-17(22)14-16)18-6-3-7-23-21(18)24-19/h2-7,14H,8-13,15,22H2,1H3,(H,23,24). The van der Waals surface area contributed by atoms with E-state index in [0.717, 1.165) is 68.2 Å². The smallest absolute Gasteiger partial charge is 0.138 e. The van der Waals surface area contributed by atoms with Crippen molar-refractivity contribution < 1.29 is 4.74 Å². The zero-order chi connectivity index (χ0) is 18.6. The van der Waals surface area contributed by atoms with Gasteiger partial charge in [-0.3, -0.25) is 9.80 Å². The number of benzene rings is 1. The van der Waals surface area contributed by atoms with Crippen LogP contribution >= 0.6 is 0 Å². The fraction of sp³-hybridized carbons (Fsp3) is 0.381. The Labute approximate surface area is 159 Å². The van der Waals surface area contributed by atoms with Crippen molar-refractivity contribution in [3.63, 3.8) is 0 Å². The number of fused-ring (bicyclic) bond motifs is 1. The summed E-state index contributed by atoms with van der Waals surface area (Å²) in [7, 11) is 1.76. The molecule has 0 amide bonds. The van der Waals surface area contributed by atoms with Crippen LogP contribution < -0.4 is 5.73 Å². The molecule has 2 aromatic heterocycles. The van der Waals surface area contributed by atoms with Crippen LogP contribution in [0.2, 0.25) is 0 Å². The van der Waals surface area contributed by atoms with Crippen molar-refractivity contribution in [2.24, 2.45) is 0 Å². The number of pyridine rings is 1. The third-order valence-electron chi connectivity index (χ3n) is 5.28. The van der Waals surface area contributed by atoms with Crippen LogP contribution in [0.4, 0.5) is 5.69 Å². The molecule has 0 atom stereocenters. The van der Waals surface area contributed by atoms with Gasteiger partial charge in [0.05, 0.1) is 6.61 Å². The second kappa shape index (κ2) is 8.08. The molecule has 3 N–H and O–H groups in total. The second-order valence-corrected chi connectivity index (χ2v) is 7.11. The van der Waals surface area contributed by atoms with E-state index in [1.54, 1.807) is 7.11 Å². The molecule has 0 spiro atoms. The van der Waals surface area contributed by atoms with Crippen LogP contribution in [0.25, 0.3) is 22.2 Å². The Bertz CT molecular complexity index is 898. The van der Waals surface area contributed by atoms with Crippen LogP contribution in [0.1, 0.15) is 5.69 Å². The fourth-order valence-electron chi connectivity index (χ4n) is 3.83. The molecule has 1 aromatic carbocycles. The number of nitrogens with two attached hydrogens (primary N) is 1. The molecule has 6 heteroatoms. The summed E-state index contributed by atoms with van der Waals surface area (Å²) in [6.45, 7) is 6.97. The highest BCUT2D eigenvalue weighted by molar-refractivity contribution is 5.96. The molecule has 1 aliphatic heterocycles. The Balaban J connectivity index is 1.58. The molecule has 6 nitrogen and oxygen atoms in total. The number of nitrogens with zero attached hydrogens (tertiary/aromatic N) is 3. The van der Waals surface area contributed by atoms with Gasteiger partial charge in [-0.1, -0.05) is 12.1 Å². The average Bonchev–Trinajstić information content (AvgIpc) is 3.05. The van der Waals surface area contributed by atoms with Crippen LogP contribution in [0.3, 0.4) is 0 Å². The summed E-state index contributed by atoms with van der Waals surface area (Å²) in [5, 5.41) is 1.15. The fourth-order valence-corrected chi connectivity index (χ4v) is 3.83. The van der Waals surface area contributed by atoms with Gasteiger partial charge in [0, 0.05) is 74.9 Å².